The second-order valence-electron chi connectivity index (χ2n) is 8.53. The lowest BCUT2D eigenvalue weighted by Crippen LogP contribution is -2.58. The number of carbonyl (C=O) groups excluding carboxylic acids is 2. The van der Waals surface area contributed by atoms with E-state index < -0.39 is 23.2 Å². The van der Waals surface area contributed by atoms with Crippen LogP contribution in [0.25, 0.3) is 0 Å². The molecule has 0 unspecified atom stereocenters. The third kappa shape index (κ3) is 5.25. The molecule has 2 fully saturated rings. The van der Waals surface area contributed by atoms with Gasteiger partial charge in [-0.25, -0.2) is 9.78 Å². The Bertz CT molecular complexity index is 818. The van der Waals surface area contributed by atoms with Crippen LogP contribution in [0.15, 0.2) is 12.3 Å². The lowest BCUT2D eigenvalue weighted by molar-refractivity contribution is -0.153. The molecule has 1 aliphatic carbocycles. The van der Waals surface area contributed by atoms with E-state index in [0.717, 1.165) is 25.1 Å². The van der Waals surface area contributed by atoms with Crippen LogP contribution in [-0.4, -0.2) is 42.6 Å². The Morgan fingerprint density at radius 1 is 1.23 bits per heavy atom. The maximum absolute atomic E-state index is 12.9. The quantitative estimate of drug-likeness (QED) is 0.680. The average molecular weight is 462 g/mol. The first-order valence-corrected chi connectivity index (χ1v) is 10.8. The van der Waals surface area contributed by atoms with Gasteiger partial charge < -0.3 is 15.0 Å². The number of hydrogen-bond acceptors (Lipinski definition) is 5. The van der Waals surface area contributed by atoms with Crippen LogP contribution in [0.2, 0.25) is 5.02 Å². The molecule has 1 saturated heterocycles. The Kier molecular flexibility index (Phi) is 7.03. The van der Waals surface area contributed by atoms with Crippen molar-refractivity contribution in [3.8, 4) is 0 Å². The van der Waals surface area contributed by atoms with Gasteiger partial charge in [0, 0.05) is 25.2 Å². The predicted octanol–water partition coefficient (Wildman–Crippen LogP) is 4.21. The minimum absolute atomic E-state index is 0.0707. The molecule has 1 N–H and O–H groups in total. The van der Waals surface area contributed by atoms with Crippen molar-refractivity contribution < 1.29 is 27.5 Å². The van der Waals surface area contributed by atoms with Crippen molar-refractivity contribution >= 4 is 29.3 Å². The number of esters is 1. The number of aromatic nitrogens is 1. The molecule has 0 bridgehead atoms. The molecule has 1 aliphatic heterocycles. The zero-order chi connectivity index (χ0) is 22.8. The molecular formula is C21H27ClF3N3O3. The molecule has 1 saturated carbocycles. The van der Waals surface area contributed by atoms with Crippen molar-refractivity contribution in [1.29, 1.82) is 0 Å². The molecule has 0 atom stereocenters. The molecule has 6 nitrogen and oxygen atoms in total. The second-order valence-corrected chi connectivity index (χ2v) is 8.94. The lowest BCUT2D eigenvalue weighted by Gasteiger charge is -2.39. The van der Waals surface area contributed by atoms with Gasteiger partial charge in [0.2, 0.25) is 5.91 Å². The fourth-order valence-electron chi connectivity index (χ4n) is 4.34. The largest absolute Gasteiger partial charge is 0.467 e. The van der Waals surface area contributed by atoms with E-state index in [2.05, 4.69) is 17.2 Å². The topological polar surface area (TPSA) is 71.5 Å². The molecule has 0 radical (unpaired) electrons. The van der Waals surface area contributed by atoms with Gasteiger partial charge in [-0.3, -0.25) is 4.79 Å². The maximum Gasteiger partial charge on any atom is 0.417 e. The Hall–Kier alpha value is -2.03. The number of alkyl halides is 3. The van der Waals surface area contributed by atoms with E-state index in [9.17, 15) is 22.8 Å². The van der Waals surface area contributed by atoms with E-state index >= 15 is 0 Å². The molecule has 0 aromatic carbocycles. The van der Waals surface area contributed by atoms with E-state index in [-0.39, 0.29) is 22.7 Å². The number of methoxy groups -OCH3 is 1. The summed E-state index contributed by atoms with van der Waals surface area (Å²) in [7, 11) is 1.33. The van der Waals surface area contributed by atoms with E-state index in [1.807, 2.05) is 0 Å². The SMILES string of the molecule is COC(=O)C1(NC(=O)C2CCN(c3ncc(C(F)(F)F)cc3Cl)CC2)CCC(C)CC1. The highest BCUT2D eigenvalue weighted by Crippen LogP contribution is 2.36. The number of nitrogens with zero attached hydrogens (tertiary/aromatic N) is 2. The van der Waals surface area contributed by atoms with Gasteiger partial charge >= 0.3 is 12.1 Å². The second kappa shape index (κ2) is 9.22. The monoisotopic (exact) mass is 461 g/mol. The van der Waals surface area contributed by atoms with Gasteiger partial charge in [0.1, 0.15) is 11.4 Å². The molecule has 31 heavy (non-hydrogen) atoms. The zero-order valence-corrected chi connectivity index (χ0v) is 18.4. The van der Waals surface area contributed by atoms with Crippen molar-refractivity contribution in [3.63, 3.8) is 0 Å². The Balaban J connectivity index is 1.62. The maximum atomic E-state index is 12.9. The van der Waals surface area contributed by atoms with Crippen molar-refractivity contribution in [1.82, 2.24) is 10.3 Å². The first-order valence-electron chi connectivity index (χ1n) is 10.4. The van der Waals surface area contributed by atoms with Gasteiger partial charge in [0.15, 0.2) is 0 Å². The number of hydrogen-bond donors (Lipinski definition) is 1. The number of halogens is 4. The van der Waals surface area contributed by atoms with Crippen LogP contribution < -0.4 is 10.2 Å². The van der Waals surface area contributed by atoms with Gasteiger partial charge in [-0.05, 0) is 50.5 Å². The Morgan fingerprint density at radius 2 is 1.84 bits per heavy atom. The van der Waals surface area contributed by atoms with Crippen molar-refractivity contribution in [2.24, 2.45) is 11.8 Å². The fraction of sp³-hybridized carbons (Fsp3) is 0.667. The summed E-state index contributed by atoms with van der Waals surface area (Å²) in [6.07, 6.45) is 0.0127. The number of rotatable bonds is 4. The standard InChI is InChI=1S/C21H27ClF3N3O3/c1-13-3-7-20(8-4-13,19(30)31-2)27-18(29)14-5-9-28(10-6-14)17-16(22)11-15(12-26-17)21(23,24)25/h11-14H,3-10H2,1-2H3,(H,27,29). The Morgan fingerprint density at radius 3 is 2.35 bits per heavy atom. The highest BCUT2D eigenvalue weighted by Gasteiger charge is 2.44. The smallest absolute Gasteiger partial charge is 0.417 e. The molecule has 2 heterocycles. The molecular weight excluding hydrogens is 435 g/mol. The van der Waals surface area contributed by atoms with Gasteiger partial charge in [-0.15, -0.1) is 0 Å². The minimum Gasteiger partial charge on any atom is -0.467 e. The van der Waals surface area contributed by atoms with Gasteiger partial charge in [-0.2, -0.15) is 13.2 Å². The number of pyridine rings is 1. The summed E-state index contributed by atoms with van der Waals surface area (Å²) in [5.41, 5.74) is -1.88. The van der Waals surface area contributed by atoms with Crippen molar-refractivity contribution in [2.45, 2.75) is 57.2 Å². The molecule has 3 rings (SSSR count). The van der Waals surface area contributed by atoms with E-state index in [4.69, 9.17) is 16.3 Å². The van der Waals surface area contributed by atoms with Gasteiger partial charge in [-0.1, -0.05) is 18.5 Å². The lowest BCUT2D eigenvalue weighted by atomic mass is 9.76. The van der Waals surface area contributed by atoms with Crippen LogP contribution in [0.1, 0.15) is 51.0 Å². The zero-order valence-electron chi connectivity index (χ0n) is 17.6. The Labute approximate surface area is 184 Å². The van der Waals surface area contributed by atoms with Gasteiger partial charge in [0.25, 0.3) is 0 Å². The third-order valence-corrected chi connectivity index (χ3v) is 6.66. The average Bonchev–Trinajstić information content (AvgIpc) is 2.74. The highest BCUT2D eigenvalue weighted by atomic mass is 35.5. The van der Waals surface area contributed by atoms with Crippen LogP contribution in [0, 0.1) is 11.8 Å². The number of piperidine rings is 1. The van der Waals surface area contributed by atoms with E-state index in [1.165, 1.54) is 7.11 Å². The first-order chi connectivity index (χ1) is 14.6. The fourth-order valence-corrected chi connectivity index (χ4v) is 4.63. The molecule has 0 spiro atoms. The summed E-state index contributed by atoms with van der Waals surface area (Å²) in [6, 6.07) is 0.868. The first kappa shape index (κ1) is 23.6. The van der Waals surface area contributed by atoms with Crippen LogP contribution in [0.5, 0.6) is 0 Å². The summed E-state index contributed by atoms with van der Waals surface area (Å²) < 4.78 is 43.4. The normalized spacial score (nSPS) is 25.2. The summed E-state index contributed by atoms with van der Waals surface area (Å²) in [5.74, 6) is -0.123. The number of ether oxygens (including phenoxy) is 1. The predicted molar refractivity (Wildman–Crippen MR) is 110 cm³/mol. The summed E-state index contributed by atoms with van der Waals surface area (Å²) in [5, 5.41) is 2.89. The third-order valence-electron chi connectivity index (χ3n) is 6.38. The summed E-state index contributed by atoms with van der Waals surface area (Å²) in [6.45, 7) is 2.98. The molecule has 2 aliphatic rings. The molecule has 10 heteroatoms. The van der Waals surface area contributed by atoms with Crippen LogP contribution in [-0.2, 0) is 20.5 Å². The van der Waals surface area contributed by atoms with Crippen LogP contribution in [0.3, 0.4) is 0 Å². The van der Waals surface area contributed by atoms with Gasteiger partial charge in [0.05, 0.1) is 17.7 Å². The van der Waals surface area contributed by atoms with Crippen LogP contribution >= 0.6 is 11.6 Å². The molecule has 172 valence electrons. The van der Waals surface area contributed by atoms with Crippen LogP contribution in [0.4, 0.5) is 19.0 Å². The van der Waals surface area contributed by atoms with E-state index in [1.54, 1.807) is 4.90 Å². The molecule has 1 aromatic rings. The molecule has 1 aromatic heterocycles. The number of carbonyl (C=O) groups is 2. The summed E-state index contributed by atoms with van der Waals surface area (Å²) >= 11 is 6.04. The number of amides is 1. The number of nitrogens with one attached hydrogen (secondary N) is 1. The highest BCUT2D eigenvalue weighted by molar-refractivity contribution is 6.33. The molecule has 1 amide bonds. The number of anilines is 1. The van der Waals surface area contributed by atoms with Crippen molar-refractivity contribution in [3.05, 3.63) is 22.8 Å². The van der Waals surface area contributed by atoms with Crippen molar-refractivity contribution in [2.75, 3.05) is 25.1 Å². The van der Waals surface area contributed by atoms with E-state index in [0.29, 0.717) is 44.7 Å². The minimum atomic E-state index is -4.51. The summed E-state index contributed by atoms with van der Waals surface area (Å²) in [4.78, 5) is 31.1.